The molecule has 0 saturated carbocycles. The van der Waals surface area contributed by atoms with Gasteiger partial charge in [0.05, 0.1) is 19.4 Å². The summed E-state index contributed by atoms with van der Waals surface area (Å²) in [5.74, 6) is 1.02. The van der Waals surface area contributed by atoms with E-state index in [1.807, 2.05) is 50.2 Å². The quantitative estimate of drug-likeness (QED) is 0.287. The van der Waals surface area contributed by atoms with Gasteiger partial charge in [0, 0.05) is 11.4 Å². The van der Waals surface area contributed by atoms with Crippen LogP contribution in [0.1, 0.15) is 34.7 Å². The predicted octanol–water partition coefficient (Wildman–Crippen LogP) is 6.52. The van der Waals surface area contributed by atoms with Crippen molar-refractivity contribution in [2.24, 2.45) is 4.99 Å². The molecule has 2 N–H and O–H groups in total. The lowest BCUT2D eigenvalue weighted by Crippen LogP contribution is -2.19. The first-order valence-corrected chi connectivity index (χ1v) is 12.4. The molecule has 1 amide bonds. The second-order valence-electron chi connectivity index (χ2n) is 8.26. The van der Waals surface area contributed by atoms with Crippen LogP contribution in [0.15, 0.2) is 65.7 Å². The molecule has 0 radical (unpaired) electrons. The van der Waals surface area contributed by atoms with E-state index in [1.54, 1.807) is 7.11 Å². The lowest BCUT2D eigenvalue weighted by Gasteiger charge is -2.14. The van der Waals surface area contributed by atoms with Gasteiger partial charge < -0.3 is 15.4 Å². The third kappa shape index (κ3) is 7.39. The van der Waals surface area contributed by atoms with Gasteiger partial charge in [0.1, 0.15) is 5.75 Å². The molecular formula is C28H33N3O2S. The van der Waals surface area contributed by atoms with E-state index in [0.29, 0.717) is 11.7 Å². The van der Waals surface area contributed by atoms with E-state index in [9.17, 15) is 4.79 Å². The summed E-state index contributed by atoms with van der Waals surface area (Å²) in [5.41, 5.74) is 7.50. The third-order valence-corrected chi connectivity index (χ3v) is 6.37. The molecule has 0 aromatic heterocycles. The van der Waals surface area contributed by atoms with Crippen LogP contribution < -0.4 is 15.4 Å². The summed E-state index contributed by atoms with van der Waals surface area (Å²) in [4.78, 5) is 17.5. The van der Waals surface area contributed by atoms with Crippen LogP contribution >= 0.6 is 11.8 Å². The molecular weight excluding hydrogens is 442 g/mol. The van der Waals surface area contributed by atoms with Crippen LogP contribution in [0.2, 0.25) is 0 Å². The Labute approximate surface area is 207 Å². The van der Waals surface area contributed by atoms with Gasteiger partial charge in [0.15, 0.2) is 5.17 Å². The molecule has 3 rings (SSSR count). The van der Waals surface area contributed by atoms with Gasteiger partial charge in [0.25, 0.3) is 0 Å². The highest BCUT2D eigenvalue weighted by molar-refractivity contribution is 8.14. The van der Waals surface area contributed by atoms with E-state index in [2.05, 4.69) is 48.7 Å². The highest BCUT2D eigenvalue weighted by Crippen LogP contribution is 2.23. The molecule has 3 aromatic carbocycles. The molecule has 0 unspecified atom stereocenters. The SMILES string of the molecule is CCc1ccc(NC(=NCc2ccc(OC)cc2)SCC(=O)Nc2c(C)cc(C)cc2C)cc1. The molecule has 178 valence electrons. The number of carbonyl (C=O) groups is 1. The maximum absolute atomic E-state index is 12.8. The van der Waals surface area contributed by atoms with Crippen molar-refractivity contribution >= 4 is 34.2 Å². The smallest absolute Gasteiger partial charge is 0.234 e. The van der Waals surface area contributed by atoms with Gasteiger partial charge in [-0.3, -0.25) is 9.79 Å². The number of ether oxygens (including phenoxy) is 1. The molecule has 0 aliphatic heterocycles. The number of nitrogens with one attached hydrogen (secondary N) is 2. The number of aryl methyl sites for hydroxylation is 4. The van der Waals surface area contributed by atoms with E-state index >= 15 is 0 Å². The fraction of sp³-hybridized carbons (Fsp3) is 0.286. The van der Waals surface area contributed by atoms with E-state index < -0.39 is 0 Å². The van der Waals surface area contributed by atoms with Crippen molar-refractivity contribution in [3.05, 3.63) is 88.5 Å². The second kappa shape index (κ2) is 12.3. The van der Waals surface area contributed by atoms with Crippen LogP contribution in [-0.4, -0.2) is 23.9 Å². The van der Waals surface area contributed by atoms with Crippen LogP contribution in [0.25, 0.3) is 0 Å². The van der Waals surface area contributed by atoms with E-state index in [-0.39, 0.29) is 11.7 Å². The van der Waals surface area contributed by atoms with Crippen molar-refractivity contribution < 1.29 is 9.53 Å². The molecule has 0 aliphatic carbocycles. The molecule has 0 heterocycles. The van der Waals surface area contributed by atoms with Gasteiger partial charge in [-0.15, -0.1) is 0 Å². The third-order valence-electron chi connectivity index (χ3n) is 5.46. The number of anilines is 2. The Hall–Kier alpha value is -3.25. The number of aliphatic imine (C=N–C) groups is 1. The van der Waals surface area contributed by atoms with Gasteiger partial charge in [-0.25, -0.2) is 0 Å². The van der Waals surface area contributed by atoms with E-state index in [1.165, 1.54) is 22.9 Å². The van der Waals surface area contributed by atoms with Gasteiger partial charge in [-0.2, -0.15) is 0 Å². The van der Waals surface area contributed by atoms with Crippen LogP contribution in [-0.2, 0) is 17.8 Å². The zero-order valence-electron chi connectivity index (χ0n) is 20.6. The van der Waals surface area contributed by atoms with Crippen LogP contribution in [0, 0.1) is 20.8 Å². The number of rotatable bonds is 8. The maximum Gasteiger partial charge on any atom is 0.234 e. The van der Waals surface area contributed by atoms with Gasteiger partial charge in [-0.05, 0) is 73.7 Å². The maximum atomic E-state index is 12.8. The summed E-state index contributed by atoms with van der Waals surface area (Å²) in [6.45, 7) is 8.74. The van der Waals surface area contributed by atoms with Crippen LogP contribution in [0.3, 0.4) is 0 Å². The molecule has 5 nitrogen and oxygen atoms in total. The standard InChI is InChI=1S/C28H33N3O2S/c1-6-22-7-11-24(12-8-22)30-28(29-17-23-9-13-25(33-5)14-10-23)34-18-26(32)31-27-20(3)15-19(2)16-21(27)4/h7-16H,6,17-18H2,1-5H3,(H,29,30)(H,31,32). The fourth-order valence-electron chi connectivity index (χ4n) is 3.65. The number of hydrogen-bond acceptors (Lipinski definition) is 4. The average molecular weight is 476 g/mol. The number of hydrogen-bond donors (Lipinski definition) is 2. The number of carbonyl (C=O) groups excluding carboxylic acids is 1. The van der Waals surface area contributed by atoms with Crippen LogP contribution in [0.4, 0.5) is 11.4 Å². The van der Waals surface area contributed by atoms with Gasteiger partial charge in [0.2, 0.25) is 5.91 Å². The largest absolute Gasteiger partial charge is 0.497 e. The summed E-state index contributed by atoms with van der Waals surface area (Å²) in [5, 5.41) is 7.15. The Morgan fingerprint density at radius 1 is 0.912 bits per heavy atom. The normalized spacial score (nSPS) is 11.3. The minimum absolute atomic E-state index is 0.0552. The first-order valence-electron chi connectivity index (χ1n) is 11.4. The summed E-state index contributed by atoms with van der Waals surface area (Å²) < 4.78 is 5.23. The first kappa shape index (κ1) is 25.4. The van der Waals surface area contributed by atoms with Gasteiger partial charge >= 0.3 is 0 Å². The summed E-state index contributed by atoms with van der Waals surface area (Å²) in [7, 11) is 1.65. The Bertz CT molecular complexity index is 1120. The number of nitrogens with zero attached hydrogens (tertiary/aromatic N) is 1. The monoisotopic (exact) mass is 475 g/mol. The van der Waals surface area contributed by atoms with Crippen molar-refractivity contribution in [2.75, 3.05) is 23.5 Å². The van der Waals surface area contributed by atoms with E-state index in [0.717, 1.165) is 40.2 Å². The molecule has 34 heavy (non-hydrogen) atoms. The number of thioether (sulfide) groups is 1. The zero-order valence-corrected chi connectivity index (χ0v) is 21.4. The number of amidine groups is 1. The highest BCUT2D eigenvalue weighted by Gasteiger charge is 2.11. The Kier molecular flexibility index (Phi) is 9.16. The number of benzene rings is 3. The summed E-state index contributed by atoms with van der Waals surface area (Å²) in [6.07, 6.45) is 0.992. The van der Waals surface area contributed by atoms with Crippen molar-refractivity contribution in [2.45, 2.75) is 40.7 Å². The van der Waals surface area contributed by atoms with Crippen molar-refractivity contribution in [1.82, 2.24) is 0 Å². The number of amides is 1. The Morgan fingerprint density at radius 3 is 2.12 bits per heavy atom. The van der Waals surface area contributed by atoms with E-state index in [4.69, 9.17) is 9.73 Å². The topological polar surface area (TPSA) is 62.7 Å². The molecule has 0 atom stereocenters. The molecule has 6 heteroatoms. The first-order chi connectivity index (χ1) is 16.4. The highest BCUT2D eigenvalue weighted by atomic mass is 32.2. The van der Waals surface area contributed by atoms with Crippen LogP contribution in [0.5, 0.6) is 5.75 Å². The minimum atomic E-state index is -0.0552. The predicted molar refractivity (Wildman–Crippen MR) is 145 cm³/mol. The summed E-state index contributed by atoms with van der Waals surface area (Å²) in [6, 6.07) is 20.3. The number of methoxy groups -OCH3 is 1. The zero-order chi connectivity index (χ0) is 24.5. The molecule has 0 aliphatic rings. The molecule has 0 spiro atoms. The van der Waals surface area contributed by atoms with Crippen molar-refractivity contribution in [1.29, 1.82) is 0 Å². The molecule has 0 fully saturated rings. The second-order valence-corrected chi connectivity index (χ2v) is 9.22. The average Bonchev–Trinajstić information content (AvgIpc) is 2.83. The van der Waals surface area contributed by atoms with Gasteiger partial charge in [-0.1, -0.05) is 60.6 Å². The minimum Gasteiger partial charge on any atom is -0.497 e. The Morgan fingerprint density at radius 2 is 1.53 bits per heavy atom. The Balaban J connectivity index is 1.70. The summed E-state index contributed by atoms with van der Waals surface area (Å²) >= 11 is 1.40. The lowest BCUT2D eigenvalue weighted by molar-refractivity contribution is -0.113. The molecule has 0 saturated heterocycles. The van der Waals surface area contributed by atoms with Crippen molar-refractivity contribution in [3.63, 3.8) is 0 Å². The van der Waals surface area contributed by atoms with Crippen molar-refractivity contribution in [3.8, 4) is 5.75 Å². The lowest BCUT2D eigenvalue weighted by atomic mass is 10.1. The fourth-order valence-corrected chi connectivity index (χ4v) is 4.33. The molecule has 0 bridgehead atoms. The molecule has 3 aromatic rings.